The Hall–Kier alpha value is -6.11. The van der Waals surface area contributed by atoms with Gasteiger partial charge >= 0.3 is 22.6 Å². The van der Waals surface area contributed by atoms with Gasteiger partial charge in [0.2, 0.25) is 11.8 Å². The summed E-state index contributed by atoms with van der Waals surface area (Å²) in [7, 11) is -2.14. The van der Waals surface area contributed by atoms with Crippen molar-refractivity contribution in [3.63, 3.8) is 0 Å². The SMILES string of the molecule is COC(=O)N[C@@H](C)C(=O)N1CCC[C@H]1c1ncc(-c2cccc(OS(=O)(=O)Oc3cccc(-c4cnc([C@@H]5CCCN5C(=O)[C@H](C)NC(=O)OC)[nH]4)c3)c2)[nH]1. The molecule has 0 saturated carbocycles. The van der Waals surface area contributed by atoms with Gasteiger partial charge in [0.1, 0.15) is 35.2 Å². The van der Waals surface area contributed by atoms with Crippen LogP contribution in [0.3, 0.4) is 0 Å². The number of nitrogens with zero attached hydrogens (tertiary/aromatic N) is 4. The van der Waals surface area contributed by atoms with E-state index in [0.717, 1.165) is 12.8 Å². The molecule has 2 aromatic carbocycles. The van der Waals surface area contributed by atoms with Crippen molar-refractivity contribution in [2.75, 3.05) is 27.3 Å². The summed E-state index contributed by atoms with van der Waals surface area (Å²) in [5.41, 5.74) is 2.31. The Morgan fingerprint density at radius 2 is 1.15 bits per heavy atom. The van der Waals surface area contributed by atoms with Crippen molar-refractivity contribution in [3.8, 4) is 34.0 Å². The van der Waals surface area contributed by atoms with Gasteiger partial charge in [0, 0.05) is 24.2 Å². The first-order valence-corrected chi connectivity index (χ1v) is 18.9. The molecule has 0 unspecified atom stereocenters. The predicted octanol–water partition coefficient (Wildman–Crippen LogP) is 3.99. The van der Waals surface area contributed by atoms with E-state index < -0.39 is 34.7 Å². The molecule has 2 aliphatic heterocycles. The first-order valence-electron chi connectivity index (χ1n) is 17.6. The molecule has 4 heterocycles. The second-order valence-corrected chi connectivity index (χ2v) is 14.2. The van der Waals surface area contributed by atoms with E-state index in [-0.39, 0.29) is 35.4 Å². The number of benzene rings is 2. The number of rotatable bonds is 12. The molecular formula is C36H42N8O10S. The molecule has 0 radical (unpaired) electrons. The molecule has 6 rings (SSSR count). The van der Waals surface area contributed by atoms with Crippen LogP contribution >= 0.6 is 0 Å². The Morgan fingerprint density at radius 1 is 0.727 bits per heavy atom. The Bertz CT molecular complexity index is 2010. The van der Waals surface area contributed by atoms with Crippen LogP contribution in [0.5, 0.6) is 11.5 Å². The molecule has 292 valence electrons. The normalized spacial score (nSPS) is 18.0. The zero-order valence-corrected chi connectivity index (χ0v) is 31.4. The average molecular weight is 779 g/mol. The first-order chi connectivity index (χ1) is 26.3. The van der Waals surface area contributed by atoms with E-state index >= 15 is 0 Å². The number of imidazole rings is 2. The standard InChI is InChI=1S/C36H42N8O10S/c1-21(39-35(47)51-3)33(45)43-15-7-13-29(43)31-37-19-27(41-31)23-9-5-11-25(17-23)53-55(49,50)54-26-12-6-10-24(18-26)28-20-38-32(42-28)30-14-8-16-44(30)34(46)22(2)40-36(48)52-4/h5-6,9-12,17-22,29-30H,7-8,13-16H2,1-4H3,(H,37,41)(H,38,42)(H,39,47)(H,40,48)/t21-,22-,29-,30-/m0/s1. The highest BCUT2D eigenvalue weighted by atomic mass is 32.3. The summed E-state index contributed by atoms with van der Waals surface area (Å²) in [6.07, 6.45) is 4.63. The zero-order valence-electron chi connectivity index (χ0n) is 30.6. The van der Waals surface area contributed by atoms with Gasteiger partial charge in [-0.25, -0.2) is 19.6 Å². The number of carbonyl (C=O) groups is 4. The van der Waals surface area contributed by atoms with E-state index in [1.165, 1.54) is 38.5 Å². The first kappa shape index (κ1) is 38.6. The number of alkyl carbamates (subject to hydrolysis) is 2. The molecule has 4 N–H and O–H groups in total. The maximum atomic E-state index is 13.1. The molecule has 19 heteroatoms. The quantitative estimate of drug-likeness (QED) is 0.160. The summed E-state index contributed by atoms with van der Waals surface area (Å²) in [6, 6.07) is 10.5. The van der Waals surface area contributed by atoms with Crippen molar-refractivity contribution in [3.05, 3.63) is 72.6 Å². The fourth-order valence-electron chi connectivity index (χ4n) is 6.71. The van der Waals surface area contributed by atoms with Crippen molar-refractivity contribution >= 4 is 34.4 Å². The number of aromatic nitrogens is 4. The van der Waals surface area contributed by atoms with E-state index in [1.807, 2.05) is 0 Å². The van der Waals surface area contributed by atoms with Crippen LogP contribution in [0.15, 0.2) is 60.9 Å². The van der Waals surface area contributed by atoms with E-state index in [2.05, 4.69) is 40.0 Å². The largest absolute Gasteiger partial charge is 0.500 e. The molecule has 0 bridgehead atoms. The lowest BCUT2D eigenvalue weighted by atomic mass is 10.1. The van der Waals surface area contributed by atoms with Crippen molar-refractivity contribution in [1.82, 2.24) is 40.4 Å². The lowest BCUT2D eigenvalue weighted by molar-refractivity contribution is -0.134. The molecule has 4 amide bonds. The van der Waals surface area contributed by atoms with Crippen LogP contribution in [-0.2, 0) is 29.5 Å². The summed E-state index contributed by atoms with van der Waals surface area (Å²) < 4.78 is 46.0. The average Bonchev–Trinajstić information content (AvgIpc) is 4.00. The Labute approximate surface area is 317 Å². The van der Waals surface area contributed by atoms with Crippen LogP contribution in [0.25, 0.3) is 22.5 Å². The predicted molar refractivity (Wildman–Crippen MR) is 196 cm³/mol. The second kappa shape index (κ2) is 16.5. The van der Waals surface area contributed by atoms with Crippen molar-refractivity contribution in [2.45, 2.75) is 63.7 Å². The third-order valence-corrected chi connectivity index (χ3v) is 10.2. The highest BCUT2D eigenvalue weighted by Crippen LogP contribution is 2.34. The zero-order chi connectivity index (χ0) is 39.3. The smallest absolute Gasteiger partial charge is 0.453 e. The highest BCUT2D eigenvalue weighted by Gasteiger charge is 2.36. The fourth-order valence-corrected chi connectivity index (χ4v) is 7.42. The number of H-pyrrole nitrogens is 2. The van der Waals surface area contributed by atoms with Crippen molar-refractivity contribution in [1.29, 1.82) is 0 Å². The van der Waals surface area contributed by atoms with Gasteiger partial charge in [-0.15, -0.1) is 8.42 Å². The number of ether oxygens (including phenoxy) is 2. The third-order valence-electron chi connectivity index (χ3n) is 9.36. The number of hydrogen-bond acceptors (Lipinski definition) is 12. The maximum Gasteiger partial charge on any atom is 0.500 e. The topological polar surface area (TPSA) is 227 Å². The number of carbonyl (C=O) groups excluding carboxylic acids is 4. The van der Waals surface area contributed by atoms with E-state index in [0.29, 0.717) is 60.1 Å². The van der Waals surface area contributed by atoms with E-state index in [1.54, 1.807) is 60.3 Å². The summed E-state index contributed by atoms with van der Waals surface area (Å²) >= 11 is 0. The van der Waals surface area contributed by atoms with Gasteiger partial charge in [-0.3, -0.25) is 9.59 Å². The minimum absolute atomic E-state index is 0.00448. The summed E-state index contributed by atoms with van der Waals surface area (Å²) in [4.78, 5) is 68.2. The van der Waals surface area contributed by atoms with E-state index in [9.17, 15) is 27.6 Å². The number of likely N-dealkylation sites (tertiary alicyclic amines) is 2. The third kappa shape index (κ3) is 8.99. The molecule has 18 nitrogen and oxygen atoms in total. The van der Waals surface area contributed by atoms with E-state index in [4.69, 9.17) is 8.37 Å². The molecule has 4 atom stereocenters. The monoisotopic (exact) mass is 778 g/mol. The van der Waals surface area contributed by atoms with Gasteiger partial charge in [-0.1, -0.05) is 24.3 Å². The van der Waals surface area contributed by atoms with Crippen LogP contribution in [0.1, 0.15) is 63.3 Å². The molecule has 4 aromatic rings. The molecule has 2 aromatic heterocycles. The Kier molecular flexibility index (Phi) is 11.6. The van der Waals surface area contributed by atoms with Gasteiger partial charge in [0.05, 0.1) is 50.1 Å². The highest BCUT2D eigenvalue weighted by molar-refractivity contribution is 7.82. The maximum absolute atomic E-state index is 13.1. The molecule has 0 aliphatic carbocycles. The van der Waals surface area contributed by atoms with Crippen LogP contribution in [0, 0.1) is 0 Å². The Morgan fingerprint density at radius 3 is 1.55 bits per heavy atom. The van der Waals surface area contributed by atoms with Crippen molar-refractivity contribution in [2.24, 2.45) is 0 Å². The molecule has 2 fully saturated rings. The molecule has 2 aliphatic rings. The number of aromatic amines is 2. The van der Waals surface area contributed by atoms with Crippen molar-refractivity contribution < 1.29 is 45.4 Å². The number of hydrogen-bond donors (Lipinski definition) is 4. The Balaban J connectivity index is 1.10. The van der Waals surface area contributed by atoms with Crippen LogP contribution < -0.4 is 19.0 Å². The summed E-state index contributed by atoms with van der Waals surface area (Å²) in [5.74, 6) is 0.559. The summed E-state index contributed by atoms with van der Waals surface area (Å²) in [5, 5.41) is 5.00. The number of amides is 4. The lowest BCUT2D eigenvalue weighted by Gasteiger charge is -2.26. The summed E-state index contributed by atoms with van der Waals surface area (Å²) in [6.45, 7) is 4.17. The lowest BCUT2D eigenvalue weighted by Crippen LogP contribution is -2.46. The van der Waals surface area contributed by atoms with Gasteiger partial charge in [0.15, 0.2) is 0 Å². The minimum atomic E-state index is -4.59. The van der Waals surface area contributed by atoms with Crippen LogP contribution in [0.2, 0.25) is 0 Å². The van der Waals surface area contributed by atoms with Gasteiger partial charge in [0.25, 0.3) is 0 Å². The molecule has 55 heavy (non-hydrogen) atoms. The number of methoxy groups -OCH3 is 2. The molecule has 2 saturated heterocycles. The van der Waals surface area contributed by atoms with Crippen LogP contribution in [0.4, 0.5) is 9.59 Å². The second-order valence-electron chi connectivity index (χ2n) is 13.1. The number of nitrogens with one attached hydrogen (secondary N) is 4. The molecule has 0 spiro atoms. The van der Waals surface area contributed by atoms with Crippen LogP contribution in [-0.4, -0.2) is 102 Å². The van der Waals surface area contributed by atoms with Gasteiger partial charge < -0.3 is 48.2 Å². The van der Waals surface area contributed by atoms with Gasteiger partial charge in [-0.05, 0) is 63.8 Å². The molecular weight excluding hydrogens is 737 g/mol. The minimum Gasteiger partial charge on any atom is -0.453 e. The van der Waals surface area contributed by atoms with Gasteiger partial charge in [-0.2, -0.15) is 0 Å². The fraction of sp³-hybridized carbons (Fsp3) is 0.389.